The summed E-state index contributed by atoms with van der Waals surface area (Å²) in [5.74, 6) is 1.05. The first kappa shape index (κ1) is 15.5. The van der Waals surface area contributed by atoms with Crippen molar-refractivity contribution in [3.05, 3.63) is 29.6 Å². The van der Waals surface area contributed by atoms with E-state index in [4.69, 9.17) is 4.74 Å². The Morgan fingerprint density at radius 2 is 1.83 bits per heavy atom. The zero-order valence-electron chi connectivity index (χ0n) is 13.2. The third kappa shape index (κ3) is 3.12. The van der Waals surface area contributed by atoms with E-state index < -0.39 is 12.3 Å². The van der Waals surface area contributed by atoms with Gasteiger partial charge in [-0.1, -0.05) is 0 Å². The summed E-state index contributed by atoms with van der Waals surface area (Å²) >= 11 is 0. The van der Waals surface area contributed by atoms with Crippen molar-refractivity contribution in [2.24, 2.45) is 0 Å². The summed E-state index contributed by atoms with van der Waals surface area (Å²) in [4.78, 5) is 4.39. The van der Waals surface area contributed by atoms with E-state index in [9.17, 15) is 13.2 Å². The van der Waals surface area contributed by atoms with Gasteiger partial charge in [0.2, 0.25) is 0 Å². The molecule has 4 nitrogen and oxygen atoms in total. The fourth-order valence-electron chi connectivity index (χ4n) is 2.72. The molecule has 2 aliphatic carbocycles. The van der Waals surface area contributed by atoms with E-state index in [1.807, 2.05) is 6.07 Å². The largest absolute Gasteiger partial charge is 0.481 e. The summed E-state index contributed by atoms with van der Waals surface area (Å²) in [6, 6.07) is 3.51. The Kier molecular flexibility index (Phi) is 3.54. The van der Waals surface area contributed by atoms with Gasteiger partial charge in [0.05, 0.1) is 5.69 Å². The van der Waals surface area contributed by atoms with Crippen LogP contribution in [0, 0.1) is 0 Å². The number of ether oxygens (including phenoxy) is 1. The van der Waals surface area contributed by atoms with Gasteiger partial charge in [-0.3, -0.25) is 10.1 Å². The topological polar surface area (TPSA) is 50.8 Å². The smallest absolute Gasteiger partial charge is 0.425 e. The highest BCUT2D eigenvalue weighted by molar-refractivity contribution is 5.58. The summed E-state index contributed by atoms with van der Waals surface area (Å²) in [6.45, 7) is 1.02. The molecule has 2 aromatic heterocycles. The second-order valence-electron chi connectivity index (χ2n) is 6.67. The number of pyridine rings is 1. The number of nitrogens with one attached hydrogen (secondary N) is 1. The zero-order chi connectivity index (χ0) is 16.9. The summed E-state index contributed by atoms with van der Waals surface area (Å²) in [5.41, 5.74) is 2.99. The molecule has 7 heteroatoms. The Morgan fingerprint density at radius 1 is 1.12 bits per heavy atom. The van der Waals surface area contributed by atoms with Crippen molar-refractivity contribution in [3.8, 4) is 17.1 Å². The molecule has 2 aliphatic rings. The Morgan fingerprint density at radius 3 is 2.46 bits per heavy atom. The molecule has 4 rings (SSSR count). The average Bonchev–Trinajstić information content (AvgIpc) is 3.45. The van der Waals surface area contributed by atoms with Crippen LogP contribution in [0.25, 0.3) is 11.4 Å². The number of rotatable bonds is 5. The van der Waals surface area contributed by atoms with Crippen LogP contribution in [0.4, 0.5) is 13.2 Å². The second-order valence-corrected chi connectivity index (χ2v) is 6.67. The minimum Gasteiger partial charge on any atom is -0.481 e. The number of H-pyrrole nitrogens is 1. The van der Waals surface area contributed by atoms with E-state index in [0.717, 1.165) is 43.9 Å². The quantitative estimate of drug-likeness (QED) is 0.870. The first-order valence-electron chi connectivity index (χ1n) is 8.21. The number of aromatic amines is 1. The molecule has 0 aliphatic heterocycles. The van der Waals surface area contributed by atoms with Gasteiger partial charge in [0.25, 0.3) is 0 Å². The highest BCUT2D eigenvalue weighted by atomic mass is 19.4. The summed E-state index contributed by atoms with van der Waals surface area (Å²) in [5, 5.41) is 7.23. The number of hydrogen-bond donors (Lipinski definition) is 1. The molecule has 2 heterocycles. The predicted octanol–water partition coefficient (Wildman–Crippen LogP) is 4.56. The molecule has 1 atom stereocenters. The van der Waals surface area contributed by atoms with E-state index >= 15 is 0 Å². The van der Waals surface area contributed by atoms with Crippen molar-refractivity contribution >= 4 is 0 Å². The van der Waals surface area contributed by atoms with Crippen molar-refractivity contribution in [2.75, 3.05) is 0 Å². The van der Waals surface area contributed by atoms with E-state index in [1.165, 1.54) is 0 Å². The molecule has 128 valence electrons. The predicted molar refractivity (Wildman–Crippen MR) is 81.9 cm³/mol. The molecule has 0 saturated heterocycles. The summed E-state index contributed by atoms with van der Waals surface area (Å²) in [7, 11) is 0. The van der Waals surface area contributed by atoms with Crippen LogP contribution in [0.15, 0.2) is 18.3 Å². The lowest BCUT2D eigenvalue weighted by Gasteiger charge is -2.20. The van der Waals surface area contributed by atoms with Crippen molar-refractivity contribution in [1.82, 2.24) is 15.2 Å². The van der Waals surface area contributed by atoms with E-state index in [-0.39, 0.29) is 11.7 Å². The molecule has 24 heavy (non-hydrogen) atoms. The molecular weight excluding hydrogens is 319 g/mol. The van der Waals surface area contributed by atoms with Crippen LogP contribution >= 0.6 is 0 Å². The van der Waals surface area contributed by atoms with E-state index in [2.05, 4.69) is 15.2 Å². The fraction of sp³-hybridized carbons (Fsp3) is 0.529. The maximum atomic E-state index is 12.8. The fourth-order valence-corrected chi connectivity index (χ4v) is 2.72. The molecule has 2 fully saturated rings. The summed E-state index contributed by atoms with van der Waals surface area (Å²) < 4.78 is 43.8. The SMILES string of the molecule is C[C@H](Oc1cc(-c2cc(C3CC3)[nH]n2)ncc1C1CC1)C(F)(F)F. The van der Waals surface area contributed by atoms with E-state index in [1.54, 1.807) is 12.3 Å². The van der Waals surface area contributed by atoms with Crippen molar-refractivity contribution in [3.63, 3.8) is 0 Å². The van der Waals surface area contributed by atoms with Crippen LogP contribution in [0.3, 0.4) is 0 Å². The van der Waals surface area contributed by atoms with Crippen molar-refractivity contribution in [2.45, 2.75) is 56.7 Å². The second kappa shape index (κ2) is 5.50. The summed E-state index contributed by atoms with van der Waals surface area (Å²) in [6.07, 6.45) is -0.392. The first-order chi connectivity index (χ1) is 11.4. The maximum absolute atomic E-state index is 12.8. The van der Waals surface area contributed by atoms with Gasteiger partial charge in [-0.15, -0.1) is 0 Å². The van der Waals surface area contributed by atoms with Crippen LogP contribution in [-0.2, 0) is 0 Å². The highest BCUT2D eigenvalue weighted by Crippen LogP contribution is 2.45. The Labute approximate surface area is 137 Å². The molecule has 2 saturated carbocycles. The minimum absolute atomic E-state index is 0.253. The monoisotopic (exact) mass is 337 g/mol. The molecule has 0 unspecified atom stereocenters. The van der Waals surface area contributed by atoms with Gasteiger partial charge in [-0.25, -0.2) is 0 Å². The van der Waals surface area contributed by atoms with E-state index in [0.29, 0.717) is 17.3 Å². The third-order valence-corrected chi connectivity index (χ3v) is 4.55. The molecule has 2 aromatic rings. The van der Waals surface area contributed by atoms with Crippen LogP contribution in [-0.4, -0.2) is 27.5 Å². The number of hydrogen-bond acceptors (Lipinski definition) is 3. The standard InChI is InChI=1S/C17H18F3N3O/c1-9(17(18,19)20)24-16-7-14(21-8-12(16)10-2-3-10)15-6-13(22-23-15)11-4-5-11/h6-11H,2-5H2,1H3,(H,22,23)/t9-/m0/s1. The van der Waals surface area contributed by atoms with Gasteiger partial charge in [-0.05, 0) is 44.6 Å². The molecule has 0 aromatic carbocycles. The Bertz CT molecular complexity index is 748. The molecule has 0 radical (unpaired) electrons. The Hall–Kier alpha value is -2.05. The van der Waals surface area contributed by atoms with Crippen LogP contribution in [0.5, 0.6) is 5.75 Å². The highest BCUT2D eigenvalue weighted by Gasteiger charge is 2.39. The van der Waals surface area contributed by atoms with Crippen LogP contribution in [0.2, 0.25) is 0 Å². The van der Waals surface area contributed by atoms with Gasteiger partial charge in [-0.2, -0.15) is 18.3 Å². The lowest BCUT2D eigenvalue weighted by Crippen LogP contribution is -2.31. The molecule has 0 amide bonds. The number of alkyl halides is 3. The zero-order valence-corrected chi connectivity index (χ0v) is 13.2. The normalized spacial score (nSPS) is 19.3. The molecular formula is C17H18F3N3O. The van der Waals surface area contributed by atoms with Gasteiger partial charge in [0.1, 0.15) is 11.4 Å². The van der Waals surface area contributed by atoms with Gasteiger partial charge < -0.3 is 4.74 Å². The average molecular weight is 337 g/mol. The van der Waals surface area contributed by atoms with Gasteiger partial charge in [0, 0.05) is 29.4 Å². The maximum Gasteiger partial charge on any atom is 0.425 e. The minimum atomic E-state index is -4.39. The first-order valence-corrected chi connectivity index (χ1v) is 8.21. The number of halogens is 3. The van der Waals surface area contributed by atoms with Crippen LogP contribution in [0.1, 0.15) is 55.7 Å². The van der Waals surface area contributed by atoms with Crippen LogP contribution < -0.4 is 4.74 Å². The van der Waals surface area contributed by atoms with Gasteiger partial charge >= 0.3 is 6.18 Å². The van der Waals surface area contributed by atoms with Crippen molar-refractivity contribution < 1.29 is 17.9 Å². The molecule has 0 spiro atoms. The third-order valence-electron chi connectivity index (χ3n) is 4.55. The van der Waals surface area contributed by atoms with Gasteiger partial charge in [0.15, 0.2) is 6.10 Å². The molecule has 1 N–H and O–H groups in total. The molecule has 0 bridgehead atoms. The van der Waals surface area contributed by atoms with Crippen molar-refractivity contribution in [1.29, 1.82) is 0 Å². The number of aromatic nitrogens is 3. The lowest BCUT2D eigenvalue weighted by molar-refractivity contribution is -0.189. The number of nitrogens with zero attached hydrogens (tertiary/aromatic N) is 2. The Balaban J connectivity index is 1.64. The lowest BCUT2D eigenvalue weighted by atomic mass is 10.1.